The fourth-order valence-electron chi connectivity index (χ4n) is 7.23. The van der Waals surface area contributed by atoms with Gasteiger partial charge in [0.05, 0.1) is 24.4 Å². The number of hydrogen-bond acceptors (Lipinski definition) is 7. The minimum absolute atomic E-state index is 0.135. The molecule has 2 aromatic carbocycles. The van der Waals surface area contributed by atoms with E-state index in [4.69, 9.17) is 11.2 Å². The third-order valence-electron chi connectivity index (χ3n) is 10.5. The highest BCUT2D eigenvalue weighted by atomic mass is 19.1. The Hall–Kier alpha value is -5.24. The molecule has 1 amide bonds. The Kier molecular flexibility index (Phi) is 11.5. The minimum Gasteiger partial charge on any atom is -0.384 e. The Morgan fingerprint density at radius 2 is 1.98 bits per heavy atom. The number of aromatic nitrogens is 4. The molecule has 3 heterocycles. The molecule has 0 saturated carbocycles. The monoisotopic (exact) mass is 714 g/mol. The molecule has 1 aliphatic heterocycles. The summed E-state index contributed by atoms with van der Waals surface area (Å²) in [6.07, 6.45) is 18.5. The standard InChI is InChI=1S/C43H47FN6O3/c1-6-9-30(31-12-14-32(15-13-31)40-45-21-8-22-46-40)11-10-29(3)37(51)26-50-23-20-43(7-2,27-50)41(52)47-34-17-18-36-35(24-34)39(49-48-36)33-16-19-38(44)42(4,25-33)28-53-5/h2,8-9,12-19,21-22,24-25,29,38H,6,10-11,20,23,26-28H2,1,3-5H3,(H,47,52)(H,48,49)/b30-9+. The zero-order valence-corrected chi connectivity index (χ0v) is 30.9. The molecule has 10 heteroatoms. The molecule has 0 radical (unpaired) electrons. The van der Waals surface area contributed by atoms with Crippen molar-refractivity contribution in [1.29, 1.82) is 0 Å². The van der Waals surface area contributed by atoms with Crippen LogP contribution < -0.4 is 5.32 Å². The van der Waals surface area contributed by atoms with Gasteiger partial charge < -0.3 is 10.1 Å². The van der Waals surface area contributed by atoms with E-state index in [2.05, 4.69) is 56.5 Å². The van der Waals surface area contributed by atoms with Gasteiger partial charge in [-0.3, -0.25) is 19.6 Å². The zero-order valence-electron chi connectivity index (χ0n) is 30.9. The number of alkyl halides is 1. The maximum absolute atomic E-state index is 14.8. The number of nitrogens with zero attached hydrogens (tertiary/aromatic N) is 4. The van der Waals surface area contributed by atoms with Crippen molar-refractivity contribution >= 4 is 39.4 Å². The van der Waals surface area contributed by atoms with Crippen molar-refractivity contribution in [2.24, 2.45) is 16.7 Å². The Labute approximate surface area is 310 Å². The van der Waals surface area contributed by atoms with Gasteiger partial charge in [-0.05, 0) is 72.7 Å². The van der Waals surface area contributed by atoms with E-state index in [0.29, 0.717) is 43.1 Å². The molecular weight excluding hydrogens is 668 g/mol. The summed E-state index contributed by atoms with van der Waals surface area (Å²) in [6, 6.07) is 15.5. The van der Waals surface area contributed by atoms with E-state index in [1.54, 1.807) is 37.7 Å². The highest BCUT2D eigenvalue weighted by Crippen LogP contribution is 2.38. The summed E-state index contributed by atoms with van der Waals surface area (Å²) in [7, 11) is 1.56. The second kappa shape index (κ2) is 16.2. The number of aromatic amines is 1. The van der Waals surface area contributed by atoms with Crippen LogP contribution >= 0.6 is 0 Å². The summed E-state index contributed by atoms with van der Waals surface area (Å²) < 4.78 is 20.1. The number of amides is 1. The zero-order chi connectivity index (χ0) is 37.6. The highest BCUT2D eigenvalue weighted by molar-refractivity contribution is 6.01. The van der Waals surface area contributed by atoms with Crippen LogP contribution in [0.1, 0.15) is 57.7 Å². The van der Waals surface area contributed by atoms with Gasteiger partial charge in [0.1, 0.15) is 17.4 Å². The molecule has 274 valence electrons. The quantitative estimate of drug-likeness (QED) is 0.129. The van der Waals surface area contributed by atoms with Gasteiger partial charge in [0, 0.05) is 60.6 Å². The van der Waals surface area contributed by atoms with E-state index in [0.717, 1.165) is 40.4 Å². The molecule has 53 heavy (non-hydrogen) atoms. The van der Waals surface area contributed by atoms with E-state index in [1.807, 2.05) is 49.1 Å². The number of terminal acetylenes is 1. The average Bonchev–Trinajstić information content (AvgIpc) is 3.80. The molecule has 4 aromatic rings. The van der Waals surface area contributed by atoms with Crippen molar-refractivity contribution < 1.29 is 18.7 Å². The number of Topliss-reactive ketones (excluding diaryl/α,β-unsaturated/α-hetero) is 1. The number of carbonyl (C=O) groups excluding carboxylic acids is 2. The lowest BCUT2D eigenvalue weighted by atomic mass is 9.79. The normalized spacial score (nSPS) is 22.4. The smallest absolute Gasteiger partial charge is 0.244 e. The fourth-order valence-corrected chi connectivity index (χ4v) is 7.23. The molecule has 6 rings (SSSR count). The third kappa shape index (κ3) is 8.22. The van der Waals surface area contributed by atoms with Crippen LogP contribution in [0, 0.1) is 29.1 Å². The third-order valence-corrected chi connectivity index (χ3v) is 10.5. The predicted octanol–water partition coefficient (Wildman–Crippen LogP) is 7.71. The van der Waals surface area contributed by atoms with Crippen LogP contribution in [0.5, 0.6) is 0 Å². The number of H-pyrrole nitrogens is 1. The largest absolute Gasteiger partial charge is 0.384 e. The van der Waals surface area contributed by atoms with Crippen molar-refractivity contribution in [2.75, 3.05) is 38.7 Å². The Balaban J connectivity index is 1.06. The molecule has 0 spiro atoms. The van der Waals surface area contributed by atoms with Crippen LogP contribution in [0.25, 0.3) is 33.4 Å². The van der Waals surface area contributed by atoms with Gasteiger partial charge in [-0.15, -0.1) is 6.42 Å². The van der Waals surface area contributed by atoms with E-state index in [-0.39, 0.29) is 30.8 Å². The van der Waals surface area contributed by atoms with E-state index >= 15 is 0 Å². The van der Waals surface area contributed by atoms with Crippen LogP contribution in [0.3, 0.4) is 0 Å². The molecular formula is C43H47FN6O3. The first-order valence-corrected chi connectivity index (χ1v) is 18.2. The summed E-state index contributed by atoms with van der Waals surface area (Å²) in [6.45, 7) is 7.22. The number of anilines is 1. The second-order valence-electron chi connectivity index (χ2n) is 14.5. The van der Waals surface area contributed by atoms with Gasteiger partial charge in [-0.2, -0.15) is 5.10 Å². The molecule has 4 unspecified atom stereocenters. The Morgan fingerprint density at radius 1 is 1.21 bits per heavy atom. The number of carbonyl (C=O) groups is 2. The van der Waals surface area contributed by atoms with Crippen molar-refractivity contribution in [3.8, 4) is 23.7 Å². The van der Waals surface area contributed by atoms with E-state index in [9.17, 15) is 14.0 Å². The van der Waals surface area contributed by atoms with Crippen LogP contribution in [-0.2, 0) is 14.3 Å². The van der Waals surface area contributed by atoms with Gasteiger partial charge in [0.15, 0.2) is 5.82 Å². The maximum atomic E-state index is 14.8. The molecule has 1 saturated heterocycles. The number of likely N-dealkylation sites (tertiary alicyclic amines) is 1. The summed E-state index contributed by atoms with van der Waals surface area (Å²) in [5, 5.41) is 11.4. The minimum atomic E-state index is -1.18. The van der Waals surface area contributed by atoms with Crippen LogP contribution in [0.15, 0.2) is 85.2 Å². The number of rotatable bonds is 14. The second-order valence-corrected chi connectivity index (χ2v) is 14.5. The van der Waals surface area contributed by atoms with Crippen LogP contribution in [-0.4, -0.2) is 76.3 Å². The first kappa shape index (κ1) is 37.5. The van der Waals surface area contributed by atoms with Gasteiger partial charge >= 0.3 is 0 Å². The molecule has 2 aromatic heterocycles. The number of benzene rings is 2. The Bertz CT molecular complexity index is 2080. The molecule has 4 atom stereocenters. The van der Waals surface area contributed by atoms with Crippen LogP contribution in [0.2, 0.25) is 0 Å². The topological polar surface area (TPSA) is 113 Å². The van der Waals surface area contributed by atoms with Gasteiger partial charge in [-0.1, -0.05) is 69.2 Å². The average molecular weight is 715 g/mol. The maximum Gasteiger partial charge on any atom is 0.244 e. The molecule has 2 aliphatic rings. The molecule has 0 bridgehead atoms. The van der Waals surface area contributed by atoms with E-state index < -0.39 is 17.0 Å². The lowest BCUT2D eigenvalue weighted by Crippen LogP contribution is -2.39. The predicted molar refractivity (Wildman–Crippen MR) is 208 cm³/mol. The number of ether oxygens (including phenoxy) is 1. The number of halogens is 1. The van der Waals surface area contributed by atoms with Crippen molar-refractivity contribution in [3.05, 3.63) is 96.5 Å². The number of nitrogens with one attached hydrogen (secondary N) is 2. The van der Waals surface area contributed by atoms with Crippen molar-refractivity contribution in [2.45, 2.75) is 52.6 Å². The summed E-state index contributed by atoms with van der Waals surface area (Å²) in [4.78, 5) is 37.9. The highest BCUT2D eigenvalue weighted by Gasteiger charge is 2.44. The van der Waals surface area contributed by atoms with Crippen molar-refractivity contribution in [1.82, 2.24) is 25.1 Å². The SMILES string of the molecule is C#CC1(C(=O)Nc2ccc3[nH]nc(C4=CC(C)(COC)C(F)C=C4)c3c2)CCN(CC(=O)C(C)CC/C(=C\CC)c2ccc(-c3ncccn3)cc2)C1. The van der Waals surface area contributed by atoms with Crippen LogP contribution in [0.4, 0.5) is 10.1 Å². The number of methoxy groups -OCH3 is 1. The number of fused-ring (bicyclic) bond motifs is 1. The lowest BCUT2D eigenvalue weighted by molar-refractivity contribution is -0.125. The van der Waals surface area contributed by atoms with Gasteiger partial charge in [-0.25, -0.2) is 14.4 Å². The number of allylic oxidation sites excluding steroid dienone is 5. The summed E-state index contributed by atoms with van der Waals surface area (Å²) in [5.41, 5.74) is 4.17. The van der Waals surface area contributed by atoms with Gasteiger partial charge in [0.25, 0.3) is 0 Å². The molecule has 1 aliphatic carbocycles. The lowest BCUT2D eigenvalue weighted by Gasteiger charge is -2.30. The Morgan fingerprint density at radius 3 is 2.70 bits per heavy atom. The fraction of sp³-hybridized carbons (Fsp3) is 0.372. The summed E-state index contributed by atoms with van der Waals surface area (Å²) in [5.74, 6) is 3.16. The number of ketones is 1. The molecule has 9 nitrogen and oxygen atoms in total. The van der Waals surface area contributed by atoms with Gasteiger partial charge in [0.2, 0.25) is 5.91 Å². The number of hydrogen-bond donors (Lipinski definition) is 2. The first-order valence-electron chi connectivity index (χ1n) is 18.2. The summed E-state index contributed by atoms with van der Waals surface area (Å²) >= 11 is 0. The first-order chi connectivity index (χ1) is 25.6. The molecule has 1 fully saturated rings. The van der Waals surface area contributed by atoms with E-state index in [1.165, 1.54) is 11.6 Å². The molecule has 2 N–H and O–H groups in total. The van der Waals surface area contributed by atoms with Crippen molar-refractivity contribution in [3.63, 3.8) is 0 Å².